The topological polar surface area (TPSA) is 96.3 Å². The summed E-state index contributed by atoms with van der Waals surface area (Å²) in [6, 6.07) is 24.0. The highest BCUT2D eigenvalue weighted by Gasteiger charge is 2.32. The normalized spacial score (nSPS) is 15.8. The van der Waals surface area contributed by atoms with Gasteiger partial charge in [-0.05, 0) is 48.6 Å². The quantitative estimate of drug-likeness (QED) is 0.384. The van der Waals surface area contributed by atoms with Gasteiger partial charge in [0.15, 0.2) is 6.61 Å². The van der Waals surface area contributed by atoms with Crippen molar-refractivity contribution in [2.24, 2.45) is 4.40 Å². The number of anilines is 1. The minimum Gasteiger partial charge on any atom is -0.452 e. The molecule has 1 fully saturated rings. The smallest absolute Gasteiger partial charge is 0.338 e. The van der Waals surface area contributed by atoms with E-state index in [1.54, 1.807) is 17.0 Å². The van der Waals surface area contributed by atoms with Gasteiger partial charge < -0.3 is 14.5 Å². The van der Waals surface area contributed by atoms with Gasteiger partial charge in [-0.3, -0.25) is 4.79 Å². The molecule has 2 aliphatic rings. The molecule has 9 heteroatoms. The lowest BCUT2D eigenvalue weighted by Gasteiger charge is -2.29. The summed E-state index contributed by atoms with van der Waals surface area (Å²) in [4.78, 5) is 29.6. The van der Waals surface area contributed by atoms with E-state index in [9.17, 15) is 18.0 Å². The lowest BCUT2D eigenvalue weighted by atomic mass is 10.1. The molecular formula is C30H31N3O5S. The second-order valence-electron chi connectivity index (χ2n) is 9.74. The Morgan fingerprint density at radius 1 is 0.897 bits per heavy atom. The molecule has 3 aromatic rings. The van der Waals surface area contributed by atoms with E-state index in [1.165, 1.54) is 6.07 Å². The fourth-order valence-electron chi connectivity index (χ4n) is 4.91. The Morgan fingerprint density at radius 3 is 2.36 bits per heavy atom. The average molecular weight is 546 g/mol. The fourth-order valence-corrected chi connectivity index (χ4v) is 6.20. The molecule has 0 spiro atoms. The molecule has 8 nitrogen and oxygen atoms in total. The number of sulfonamides is 1. The SMILES string of the molecule is O=C(OCC(=O)N(CCc1ccccc1)Cc1ccccc1)c1ccc2c(c1)S(=O)(=O)N=C1CCCCCN12. The number of carbonyl (C=O) groups is 2. The van der Waals surface area contributed by atoms with E-state index >= 15 is 0 Å². The third-order valence-electron chi connectivity index (χ3n) is 6.99. The van der Waals surface area contributed by atoms with Crippen molar-refractivity contribution in [2.75, 3.05) is 24.6 Å². The Morgan fingerprint density at radius 2 is 1.62 bits per heavy atom. The van der Waals surface area contributed by atoms with Gasteiger partial charge in [-0.1, -0.05) is 67.1 Å². The van der Waals surface area contributed by atoms with Crippen LogP contribution in [0.4, 0.5) is 5.69 Å². The standard InChI is InChI=1S/C30H31N3O5S/c34-29(32(21-24-12-6-2-7-13-24)19-17-23-10-4-1-5-11-23)22-38-30(35)25-15-16-26-27(20-25)39(36,37)31-28-14-8-3-9-18-33(26)28/h1-2,4-7,10-13,15-16,20H,3,8-9,14,17-19,21-22H2. The number of ether oxygens (including phenoxy) is 1. The zero-order valence-electron chi connectivity index (χ0n) is 21.7. The van der Waals surface area contributed by atoms with Crippen LogP contribution in [0, 0.1) is 0 Å². The summed E-state index contributed by atoms with van der Waals surface area (Å²) in [5, 5.41) is 0. The third-order valence-corrected chi connectivity index (χ3v) is 8.33. The third kappa shape index (κ3) is 6.37. The molecule has 0 aromatic heterocycles. The molecule has 2 aliphatic heterocycles. The first-order valence-corrected chi connectivity index (χ1v) is 14.6. The van der Waals surface area contributed by atoms with E-state index in [0.717, 1.165) is 30.4 Å². The van der Waals surface area contributed by atoms with E-state index in [2.05, 4.69) is 4.40 Å². The van der Waals surface area contributed by atoms with Crippen molar-refractivity contribution in [1.82, 2.24) is 4.90 Å². The average Bonchev–Trinajstić information content (AvgIpc) is 3.19. The van der Waals surface area contributed by atoms with Crippen molar-refractivity contribution >= 4 is 33.4 Å². The predicted octanol–water partition coefficient (Wildman–Crippen LogP) is 4.60. The summed E-state index contributed by atoms with van der Waals surface area (Å²) in [5.74, 6) is -0.530. The van der Waals surface area contributed by atoms with E-state index in [4.69, 9.17) is 4.74 Å². The van der Waals surface area contributed by atoms with Gasteiger partial charge in [0, 0.05) is 26.1 Å². The first-order chi connectivity index (χ1) is 18.9. The van der Waals surface area contributed by atoms with Crippen LogP contribution in [0.25, 0.3) is 0 Å². The van der Waals surface area contributed by atoms with Crippen molar-refractivity contribution in [2.45, 2.75) is 43.5 Å². The summed E-state index contributed by atoms with van der Waals surface area (Å²) in [6.07, 6.45) is 4.11. The molecule has 0 atom stereocenters. The highest BCUT2D eigenvalue weighted by atomic mass is 32.2. The number of carbonyl (C=O) groups excluding carboxylic acids is 2. The van der Waals surface area contributed by atoms with Crippen molar-refractivity contribution in [3.63, 3.8) is 0 Å². The van der Waals surface area contributed by atoms with Gasteiger partial charge in [-0.25, -0.2) is 4.79 Å². The van der Waals surface area contributed by atoms with Crippen LogP contribution in [0.5, 0.6) is 0 Å². The van der Waals surface area contributed by atoms with Gasteiger partial charge in [0.1, 0.15) is 10.7 Å². The molecule has 3 aromatic carbocycles. The second kappa shape index (κ2) is 11.8. The molecule has 0 saturated carbocycles. The highest BCUT2D eigenvalue weighted by Crippen LogP contribution is 2.35. The zero-order valence-corrected chi connectivity index (χ0v) is 22.5. The number of hydrogen-bond donors (Lipinski definition) is 0. The summed E-state index contributed by atoms with van der Waals surface area (Å²) in [7, 11) is -3.93. The largest absolute Gasteiger partial charge is 0.452 e. The summed E-state index contributed by atoms with van der Waals surface area (Å²) >= 11 is 0. The van der Waals surface area contributed by atoms with Gasteiger partial charge in [-0.15, -0.1) is 4.40 Å². The van der Waals surface area contributed by atoms with Gasteiger partial charge in [0.05, 0.1) is 11.3 Å². The lowest BCUT2D eigenvalue weighted by Crippen LogP contribution is -2.36. The molecule has 0 radical (unpaired) electrons. The van der Waals surface area contributed by atoms with Gasteiger partial charge >= 0.3 is 5.97 Å². The Labute approximate surface area is 229 Å². The van der Waals surface area contributed by atoms with Crippen LogP contribution in [-0.2, 0) is 32.5 Å². The lowest BCUT2D eigenvalue weighted by molar-refractivity contribution is -0.135. The van der Waals surface area contributed by atoms with Crippen LogP contribution in [0.1, 0.15) is 47.2 Å². The maximum absolute atomic E-state index is 13.2. The molecule has 202 valence electrons. The Kier molecular flexibility index (Phi) is 8.07. The second-order valence-corrected chi connectivity index (χ2v) is 11.3. The predicted molar refractivity (Wildman–Crippen MR) is 149 cm³/mol. The Balaban J connectivity index is 1.28. The molecule has 0 aliphatic carbocycles. The van der Waals surface area contributed by atoms with Gasteiger partial charge in [0.2, 0.25) is 0 Å². The number of rotatable bonds is 8. The number of fused-ring (bicyclic) bond motifs is 3. The van der Waals surface area contributed by atoms with Gasteiger partial charge in [-0.2, -0.15) is 8.42 Å². The Bertz CT molecular complexity index is 1470. The van der Waals surface area contributed by atoms with Crippen molar-refractivity contribution in [1.29, 1.82) is 0 Å². The van der Waals surface area contributed by atoms with E-state index in [1.807, 2.05) is 65.6 Å². The van der Waals surface area contributed by atoms with Crippen molar-refractivity contribution < 1.29 is 22.7 Å². The van der Waals surface area contributed by atoms with Crippen molar-refractivity contribution in [3.05, 3.63) is 95.6 Å². The molecule has 1 amide bonds. The number of benzene rings is 3. The molecule has 0 bridgehead atoms. The monoisotopic (exact) mass is 545 g/mol. The minimum atomic E-state index is -3.93. The minimum absolute atomic E-state index is 0.0116. The van der Waals surface area contributed by atoms with E-state index < -0.39 is 22.6 Å². The zero-order chi connectivity index (χ0) is 27.2. The first kappa shape index (κ1) is 26.6. The summed E-state index contributed by atoms with van der Waals surface area (Å²) in [6.45, 7) is 1.08. The number of nitrogens with zero attached hydrogens (tertiary/aromatic N) is 3. The molecule has 0 N–H and O–H groups in total. The first-order valence-electron chi connectivity index (χ1n) is 13.2. The maximum atomic E-state index is 13.2. The summed E-state index contributed by atoms with van der Waals surface area (Å²) in [5.41, 5.74) is 2.67. The van der Waals surface area contributed by atoms with E-state index in [-0.39, 0.29) is 16.4 Å². The molecule has 39 heavy (non-hydrogen) atoms. The molecule has 5 rings (SSSR count). The number of esters is 1. The van der Waals surface area contributed by atoms with Crippen LogP contribution >= 0.6 is 0 Å². The Hall–Kier alpha value is -3.98. The van der Waals surface area contributed by atoms with Crippen LogP contribution in [0.2, 0.25) is 0 Å². The van der Waals surface area contributed by atoms with Crippen LogP contribution in [-0.4, -0.2) is 50.7 Å². The molecular weight excluding hydrogens is 514 g/mol. The van der Waals surface area contributed by atoms with Crippen LogP contribution < -0.4 is 4.90 Å². The van der Waals surface area contributed by atoms with E-state index in [0.29, 0.717) is 44.0 Å². The maximum Gasteiger partial charge on any atom is 0.338 e. The number of amides is 1. The molecule has 1 saturated heterocycles. The summed E-state index contributed by atoms with van der Waals surface area (Å²) < 4.78 is 35.2. The highest BCUT2D eigenvalue weighted by molar-refractivity contribution is 7.90. The van der Waals surface area contributed by atoms with Gasteiger partial charge in [0.25, 0.3) is 15.9 Å². The number of hydrogen-bond acceptors (Lipinski definition) is 6. The fraction of sp³-hybridized carbons (Fsp3) is 0.300. The van der Waals surface area contributed by atoms with Crippen LogP contribution in [0.15, 0.2) is 88.2 Å². The molecule has 0 unspecified atom stereocenters. The molecule has 2 heterocycles. The number of amidine groups is 1. The van der Waals surface area contributed by atoms with Crippen molar-refractivity contribution in [3.8, 4) is 0 Å². The van der Waals surface area contributed by atoms with Crippen LogP contribution in [0.3, 0.4) is 0 Å².